The molecule has 10 heavy (non-hydrogen) atoms. The maximum absolute atomic E-state index is 5.78. The Morgan fingerprint density at radius 3 is 2.00 bits per heavy atom. The Kier molecular flexibility index (Phi) is 2.41. The smallest absolute Gasteiger partial charge is 0.0716 e. The molecule has 0 atom stereocenters. The highest BCUT2D eigenvalue weighted by atomic mass is 35.5. The molecule has 0 radical (unpaired) electrons. The fourth-order valence-electron chi connectivity index (χ4n) is 0.737. The molecule has 1 aromatic rings. The van der Waals surface area contributed by atoms with Gasteiger partial charge in [0.05, 0.1) is 15.7 Å². The zero-order valence-electron chi connectivity index (χ0n) is 5.49. The van der Waals surface area contributed by atoms with Crippen LogP contribution in [-0.2, 0) is 0 Å². The molecule has 0 amide bonds. The molecule has 0 fully saturated rings. The highest BCUT2D eigenvalue weighted by Gasteiger charge is 2.00. The molecule has 1 N–H and O–H groups in total. The van der Waals surface area contributed by atoms with Gasteiger partial charge >= 0.3 is 0 Å². The van der Waals surface area contributed by atoms with Gasteiger partial charge in [-0.25, -0.2) is 0 Å². The average molecular weight is 176 g/mol. The SMILES string of the molecule is CNc1c(Cl)cccc1Cl. The van der Waals surface area contributed by atoms with Crippen molar-refractivity contribution in [2.45, 2.75) is 0 Å². The van der Waals surface area contributed by atoms with Crippen LogP contribution in [0, 0.1) is 0 Å². The van der Waals surface area contributed by atoms with Crippen LogP contribution in [0.4, 0.5) is 5.69 Å². The van der Waals surface area contributed by atoms with Gasteiger partial charge in [-0.3, -0.25) is 0 Å². The van der Waals surface area contributed by atoms with Crippen LogP contribution in [0.15, 0.2) is 18.2 Å². The van der Waals surface area contributed by atoms with Crippen LogP contribution in [0.2, 0.25) is 10.0 Å². The van der Waals surface area contributed by atoms with Gasteiger partial charge in [-0.2, -0.15) is 0 Å². The molecule has 0 saturated carbocycles. The molecule has 0 spiro atoms. The van der Waals surface area contributed by atoms with Crippen molar-refractivity contribution in [2.75, 3.05) is 12.4 Å². The Labute approximate surface area is 70.0 Å². The molecule has 0 aliphatic heterocycles. The molecular weight excluding hydrogens is 169 g/mol. The first-order valence-corrected chi connectivity index (χ1v) is 3.63. The zero-order valence-corrected chi connectivity index (χ0v) is 7.00. The summed E-state index contributed by atoms with van der Waals surface area (Å²) in [5.41, 5.74) is 0.783. The van der Waals surface area contributed by atoms with Gasteiger partial charge < -0.3 is 5.32 Å². The summed E-state index contributed by atoms with van der Waals surface area (Å²) in [7, 11) is 1.78. The third-order valence-electron chi connectivity index (χ3n) is 1.21. The van der Waals surface area contributed by atoms with Crippen molar-refractivity contribution in [3.8, 4) is 0 Å². The zero-order chi connectivity index (χ0) is 7.56. The summed E-state index contributed by atoms with van der Waals surface area (Å²) in [4.78, 5) is 0. The van der Waals surface area contributed by atoms with E-state index in [4.69, 9.17) is 23.2 Å². The Hall–Kier alpha value is -0.400. The first-order valence-electron chi connectivity index (χ1n) is 2.87. The van der Waals surface area contributed by atoms with E-state index in [9.17, 15) is 0 Å². The van der Waals surface area contributed by atoms with E-state index in [1.54, 1.807) is 19.2 Å². The van der Waals surface area contributed by atoms with Gasteiger partial charge in [0.1, 0.15) is 0 Å². The van der Waals surface area contributed by atoms with Crippen molar-refractivity contribution < 1.29 is 0 Å². The lowest BCUT2D eigenvalue weighted by molar-refractivity contribution is 1.51. The predicted octanol–water partition coefficient (Wildman–Crippen LogP) is 3.04. The Morgan fingerprint density at radius 1 is 1.20 bits per heavy atom. The topological polar surface area (TPSA) is 12.0 Å². The lowest BCUT2D eigenvalue weighted by Crippen LogP contribution is -1.89. The van der Waals surface area contributed by atoms with E-state index < -0.39 is 0 Å². The van der Waals surface area contributed by atoms with Crippen LogP contribution in [-0.4, -0.2) is 7.05 Å². The number of hydrogen-bond donors (Lipinski definition) is 1. The van der Waals surface area contributed by atoms with Crippen LogP contribution in [0.1, 0.15) is 0 Å². The monoisotopic (exact) mass is 175 g/mol. The fourth-order valence-corrected chi connectivity index (χ4v) is 1.32. The summed E-state index contributed by atoms with van der Waals surface area (Å²) in [6.07, 6.45) is 0. The van der Waals surface area contributed by atoms with Crippen molar-refractivity contribution in [1.29, 1.82) is 0 Å². The highest BCUT2D eigenvalue weighted by Crippen LogP contribution is 2.28. The normalized spacial score (nSPS) is 9.50. The summed E-state index contributed by atoms with van der Waals surface area (Å²) in [5.74, 6) is 0. The molecule has 0 saturated heterocycles. The Bertz CT molecular complexity index is 215. The summed E-state index contributed by atoms with van der Waals surface area (Å²) >= 11 is 11.6. The van der Waals surface area contributed by atoms with Crippen LogP contribution in [0.25, 0.3) is 0 Å². The number of hydrogen-bond acceptors (Lipinski definition) is 1. The van der Waals surface area contributed by atoms with E-state index >= 15 is 0 Å². The van der Waals surface area contributed by atoms with E-state index in [1.165, 1.54) is 0 Å². The summed E-state index contributed by atoms with van der Waals surface area (Å²) in [5, 5.41) is 4.20. The molecule has 1 nitrogen and oxygen atoms in total. The molecule has 0 aliphatic carbocycles. The molecule has 0 bridgehead atoms. The number of rotatable bonds is 1. The maximum atomic E-state index is 5.78. The van der Waals surface area contributed by atoms with E-state index in [2.05, 4.69) is 5.32 Å². The first kappa shape index (κ1) is 7.70. The molecule has 0 aliphatic rings. The fraction of sp³-hybridized carbons (Fsp3) is 0.143. The highest BCUT2D eigenvalue weighted by molar-refractivity contribution is 6.39. The maximum Gasteiger partial charge on any atom is 0.0716 e. The molecule has 1 aromatic carbocycles. The lowest BCUT2D eigenvalue weighted by Gasteiger charge is -2.03. The molecule has 54 valence electrons. The van der Waals surface area contributed by atoms with Crippen LogP contribution in [0.5, 0.6) is 0 Å². The minimum Gasteiger partial charge on any atom is -0.386 e. The second-order valence-electron chi connectivity index (χ2n) is 1.85. The number of benzene rings is 1. The van der Waals surface area contributed by atoms with E-state index in [0.717, 1.165) is 5.69 Å². The second-order valence-corrected chi connectivity index (χ2v) is 2.66. The van der Waals surface area contributed by atoms with Crippen molar-refractivity contribution in [2.24, 2.45) is 0 Å². The van der Waals surface area contributed by atoms with Gasteiger partial charge in [0.25, 0.3) is 0 Å². The number of anilines is 1. The van der Waals surface area contributed by atoms with Crippen molar-refractivity contribution in [3.05, 3.63) is 28.2 Å². The lowest BCUT2D eigenvalue weighted by atomic mass is 10.3. The van der Waals surface area contributed by atoms with Crippen molar-refractivity contribution in [3.63, 3.8) is 0 Å². The summed E-state index contributed by atoms with van der Waals surface area (Å²) in [6.45, 7) is 0. The molecule has 0 heterocycles. The third kappa shape index (κ3) is 1.36. The first-order chi connectivity index (χ1) is 4.75. The van der Waals surface area contributed by atoms with Crippen LogP contribution >= 0.6 is 23.2 Å². The molecule has 3 heteroatoms. The number of halogens is 2. The van der Waals surface area contributed by atoms with Gasteiger partial charge in [-0.1, -0.05) is 29.3 Å². The van der Waals surface area contributed by atoms with Gasteiger partial charge in [0.15, 0.2) is 0 Å². The van der Waals surface area contributed by atoms with Gasteiger partial charge in [0, 0.05) is 7.05 Å². The van der Waals surface area contributed by atoms with Gasteiger partial charge in [-0.05, 0) is 12.1 Å². The minimum atomic E-state index is 0.648. The van der Waals surface area contributed by atoms with Crippen molar-refractivity contribution in [1.82, 2.24) is 0 Å². The van der Waals surface area contributed by atoms with Gasteiger partial charge in [-0.15, -0.1) is 0 Å². The summed E-state index contributed by atoms with van der Waals surface area (Å²) in [6, 6.07) is 5.39. The van der Waals surface area contributed by atoms with Crippen LogP contribution in [0.3, 0.4) is 0 Å². The minimum absolute atomic E-state index is 0.648. The van der Waals surface area contributed by atoms with E-state index in [1.807, 2.05) is 6.07 Å². The van der Waals surface area contributed by atoms with E-state index in [-0.39, 0.29) is 0 Å². The molecule has 0 unspecified atom stereocenters. The number of nitrogens with one attached hydrogen (secondary N) is 1. The number of para-hydroxylation sites is 1. The standard InChI is InChI=1S/C7H7Cl2N/c1-10-7-5(8)3-2-4-6(7)9/h2-4,10H,1H3. The van der Waals surface area contributed by atoms with Crippen molar-refractivity contribution >= 4 is 28.9 Å². The van der Waals surface area contributed by atoms with E-state index in [0.29, 0.717) is 10.0 Å². The molecule has 1 rings (SSSR count). The third-order valence-corrected chi connectivity index (χ3v) is 1.84. The summed E-state index contributed by atoms with van der Waals surface area (Å²) < 4.78 is 0. The Morgan fingerprint density at radius 2 is 1.70 bits per heavy atom. The van der Waals surface area contributed by atoms with Crippen LogP contribution < -0.4 is 5.32 Å². The Balaban J connectivity index is 3.17. The molecular formula is C7H7Cl2N. The average Bonchev–Trinajstić information content (AvgIpc) is 1.88. The largest absolute Gasteiger partial charge is 0.386 e. The van der Waals surface area contributed by atoms with Gasteiger partial charge in [0.2, 0.25) is 0 Å². The second kappa shape index (κ2) is 3.13. The quantitative estimate of drug-likeness (QED) is 0.693. The molecule has 0 aromatic heterocycles. The predicted molar refractivity (Wildman–Crippen MR) is 46.0 cm³/mol.